The van der Waals surface area contributed by atoms with E-state index in [4.69, 9.17) is 4.55 Å². The van der Waals surface area contributed by atoms with Gasteiger partial charge in [0, 0.05) is 17.6 Å². The van der Waals surface area contributed by atoms with Crippen LogP contribution in [0.3, 0.4) is 0 Å². The van der Waals surface area contributed by atoms with E-state index in [1.165, 1.54) is 10.2 Å². The molecular formula is C20H20N4O5S2. The highest BCUT2D eigenvalue weighted by atomic mass is 32.2. The molecule has 0 spiro atoms. The van der Waals surface area contributed by atoms with Gasteiger partial charge in [0.25, 0.3) is 20.1 Å². The number of aromatic nitrogens is 4. The van der Waals surface area contributed by atoms with E-state index in [-0.39, 0.29) is 22.6 Å². The number of aryl methyl sites for hydroxylation is 1. The van der Waals surface area contributed by atoms with E-state index in [0.29, 0.717) is 29.4 Å². The van der Waals surface area contributed by atoms with E-state index in [1.54, 1.807) is 42.9 Å². The summed E-state index contributed by atoms with van der Waals surface area (Å²) >= 11 is 0. The summed E-state index contributed by atoms with van der Waals surface area (Å²) in [7, 11) is -7.82. The fourth-order valence-electron chi connectivity index (χ4n) is 4.24. The molecule has 1 fully saturated rings. The summed E-state index contributed by atoms with van der Waals surface area (Å²) < 4.78 is 60.8. The van der Waals surface area contributed by atoms with Crippen LogP contribution in [0, 0.1) is 12.8 Å². The Bertz CT molecular complexity index is 1510. The molecular weight excluding hydrogens is 440 g/mol. The number of hydrogen-bond donors (Lipinski definition) is 1. The topological polar surface area (TPSA) is 124 Å². The maximum atomic E-state index is 13.2. The molecule has 0 aliphatic heterocycles. The predicted octanol–water partition coefficient (Wildman–Crippen LogP) is 2.77. The molecule has 0 bridgehead atoms. The van der Waals surface area contributed by atoms with Crippen molar-refractivity contribution in [1.82, 2.24) is 18.5 Å². The summed E-state index contributed by atoms with van der Waals surface area (Å²) in [6, 6.07) is 8.38. The molecule has 162 valence electrons. The van der Waals surface area contributed by atoms with Gasteiger partial charge in [-0.2, -0.15) is 8.42 Å². The Morgan fingerprint density at radius 1 is 1.06 bits per heavy atom. The molecule has 1 aliphatic carbocycles. The van der Waals surface area contributed by atoms with Gasteiger partial charge in [-0.05, 0) is 43.9 Å². The molecule has 1 aliphatic rings. The number of hydrogen-bond acceptors (Lipinski definition) is 6. The SMILES string of the molecule is Cc1ccc(S(=O)(=O)n2ccc3c4c(cnc32)ncn4C2CC(CS(=O)(=O)O)C2)cc1. The van der Waals surface area contributed by atoms with Crippen LogP contribution in [0.5, 0.6) is 0 Å². The zero-order valence-corrected chi connectivity index (χ0v) is 18.2. The molecule has 5 rings (SSSR count). The lowest BCUT2D eigenvalue weighted by Crippen LogP contribution is -2.31. The summed E-state index contributed by atoms with van der Waals surface area (Å²) in [5, 5.41) is 0.656. The van der Waals surface area contributed by atoms with Crippen LogP contribution in [-0.2, 0) is 20.1 Å². The molecule has 0 unspecified atom stereocenters. The van der Waals surface area contributed by atoms with Crippen LogP contribution in [0.4, 0.5) is 0 Å². The average Bonchev–Trinajstić information content (AvgIpc) is 3.28. The summed E-state index contributed by atoms with van der Waals surface area (Å²) in [5.74, 6) is -0.362. The smallest absolute Gasteiger partial charge is 0.269 e. The standard InChI is InChI=1S/C20H20N4O5S2/c1-13-2-4-16(5-3-13)31(28,29)24-7-6-17-19-18(10-21-20(17)24)22-12-23(19)15-8-14(9-15)11-30(25,26)27/h2-7,10,12,14-15H,8-9,11H2,1H3,(H,25,26,27). The Labute approximate surface area is 179 Å². The molecule has 1 N–H and O–H groups in total. The van der Waals surface area contributed by atoms with Gasteiger partial charge in [-0.3, -0.25) is 4.55 Å². The third-order valence-electron chi connectivity index (χ3n) is 5.84. The Morgan fingerprint density at radius 3 is 2.45 bits per heavy atom. The van der Waals surface area contributed by atoms with Crippen molar-refractivity contribution in [2.24, 2.45) is 5.92 Å². The zero-order valence-electron chi connectivity index (χ0n) is 16.6. The molecule has 11 heteroatoms. The zero-order chi connectivity index (χ0) is 22.0. The van der Waals surface area contributed by atoms with Crippen molar-refractivity contribution in [1.29, 1.82) is 0 Å². The lowest BCUT2D eigenvalue weighted by molar-refractivity contribution is 0.220. The van der Waals surface area contributed by atoms with E-state index in [9.17, 15) is 16.8 Å². The number of nitrogens with zero attached hydrogens (tertiary/aromatic N) is 4. The Kier molecular flexibility index (Phi) is 4.47. The second kappa shape index (κ2) is 6.87. The number of fused-ring (bicyclic) bond motifs is 3. The van der Waals surface area contributed by atoms with Crippen molar-refractivity contribution in [2.75, 3.05) is 5.75 Å². The van der Waals surface area contributed by atoms with Gasteiger partial charge in [-0.25, -0.2) is 22.4 Å². The van der Waals surface area contributed by atoms with Gasteiger partial charge in [-0.1, -0.05) is 17.7 Å². The highest BCUT2D eigenvalue weighted by Crippen LogP contribution is 2.41. The fraction of sp³-hybridized carbons (Fsp3) is 0.300. The molecule has 3 aromatic heterocycles. The molecule has 3 heterocycles. The first kappa shape index (κ1) is 20.2. The molecule has 0 amide bonds. The molecule has 9 nitrogen and oxygen atoms in total. The second-order valence-corrected chi connectivity index (χ2v) is 11.4. The first-order valence-corrected chi connectivity index (χ1v) is 12.8. The van der Waals surface area contributed by atoms with E-state index in [0.717, 1.165) is 11.1 Å². The minimum absolute atomic E-state index is 0.0272. The van der Waals surface area contributed by atoms with Crippen LogP contribution in [0.2, 0.25) is 0 Å². The van der Waals surface area contributed by atoms with Crippen molar-refractivity contribution in [3.63, 3.8) is 0 Å². The third kappa shape index (κ3) is 3.42. The number of benzene rings is 1. The summed E-state index contributed by atoms with van der Waals surface area (Å²) in [4.78, 5) is 8.92. The van der Waals surface area contributed by atoms with Gasteiger partial charge in [0.1, 0.15) is 5.52 Å². The maximum absolute atomic E-state index is 13.2. The molecule has 0 atom stereocenters. The highest BCUT2D eigenvalue weighted by Gasteiger charge is 2.34. The van der Waals surface area contributed by atoms with E-state index in [1.807, 2.05) is 11.5 Å². The van der Waals surface area contributed by atoms with Crippen LogP contribution in [-0.4, -0.2) is 45.6 Å². The van der Waals surface area contributed by atoms with Crippen molar-refractivity contribution in [2.45, 2.75) is 30.7 Å². The van der Waals surface area contributed by atoms with Crippen LogP contribution in [0.1, 0.15) is 24.4 Å². The lowest BCUT2D eigenvalue weighted by atomic mass is 9.81. The summed E-state index contributed by atoms with van der Waals surface area (Å²) in [5.41, 5.74) is 2.67. The molecule has 0 radical (unpaired) electrons. The van der Waals surface area contributed by atoms with E-state index < -0.39 is 20.1 Å². The Hall–Kier alpha value is -2.76. The maximum Gasteiger partial charge on any atom is 0.269 e. The monoisotopic (exact) mass is 460 g/mol. The van der Waals surface area contributed by atoms with Gasteiger partial charge < -0.3 is 4.57 Å². The highest BCUT2D eigenvalue weighted by molar-refractivity contribution is 7.90. The Balaban J connectivity index is 1.56. The van der Waals surface area contributed by atoms with Gasteiger partial charge in [-0.15, -0.1) is 0 Å². The third-order valence-corrected chi connectivity index (χ3v) is 8.41. The number of pyridine rings is 1. The normalized spacial score (nSPS) is 19.7. The molecule has 31 heavy (non-hydrogen) atoms. The molecule has 1 aromatic carbocycles. The first-order chi connectivity index (χ1) is 14.6. The minimum Gasteiger partial charge on any atom is -0.327 e. The lowest BCUT2D eigenvalue weighted by Gasteiger charge is -2.35. The predicted molar refractivity (Wildman–Crippen MR) is 115 cm³/mol. The van der Waals surface area contributed by atoms with Gasteiger partial charge in [0.2, 0.25) is 0 Å². The van der Waals surface area contributed by atoms with Crippen molar-refractivity contribution >= 4 is 42.2 Å². The molecule has 4 aromatic rings. The number of rotatable bonds is 5. The largest absolute Gasteiger partial charge is 0.327 e. The fourth-order valence-corrected chi connectivity index (χ4v) is 6.41. The minimum atomic E-state index is -4.00. The second-order valence-electron chi connectivity index (χ2n) is 8.05. The van der Waals surface area contributed by atoms with Gasteiger partial charge in [0.05, 0.1) is 28.7 Å². The van der Waals surface area contributed by atoms with E-state index in [2.05, 4.69) is 9.97 Å². The van der Waals surface area contributed by atoms with Crippen LogP contribution < -0.4 is 0 Å². The number of imidazole rings is 1. The van der Waals surface area contributed by atoms with Gasteiger partial charge >= 0.3 is 0 Å². The Morgan fingerprint density at radius 2 is 1.77 bits per heavy atom. The van der Waals surface area contributed by atoms with Crippen LogP contribution in [0.15, 0.2) is 53.9 Å². The summed E-state index contributed by atoms with van der Waals surface area (Å²) in [6.45, 7) is 1.89. The van der Waals surface area contributed by atoms with Gasteiger partial charge in [0.15, 0.2) is 5.65 Å². The summed E-state index contributed by atoms with van der Waals surface area (Å²) in [6.07, 6.45) is 5.90. The molecule has 1 saturated carbocycles. The van der Waals surface area contributed by atoms with E-state index >= 15 is 0 Å². The first-order valence-electron chi connectivity index (χ1n) is 9.73. The molecule has 0 saturated heterocycles. The average molecular weight is 461 g/mol. The van der Waals surface area contributed by atoms with Crippen molar-refractivity contribution in [3.05, 3.63) is 54.6 Å². The van der Waals surface area contributed by atoms with Crippen molar-refractivity contribution in [3.8, 4) is 0 Å². The quantitative estimate of drug-likeness (QED) is 0.454. The van der Waals surface area contributed by atoms with Crippen LogP contribution >= 0.6 is 0 Å². The van der Waals surface area contributed by atoms with Crippen molar-refractivity contribution < 1.29 is 21.4 Å². The van der Waals surface area contributed by atoms with Crippen LogP contribution in [0.25, 0.3) is 22.1 Å².